The Morgan fingerprint density at radius 2 is 2.28 bits per heavy atom. The van der Waals surface area contributed by atoms with Gasteiger partial charge in [-0.25, -0.2) is 9.37 Å². The summed E-state index contributed by atoms with van der Waals surface area (Å²) in [7, 11) is 1.50. The van der Waals surface area contributed by atoms with Gasteiger partial charge in [0.25, 0.3) is 0 Å². The van der Waals surface area contributed by atoms with Crippen LogP contribution in [0, 0.1) is 12.7 Å². The van der Waals surface area contributed by atoms with Crippen LogP contribution in [0.25, 0.3) is 0 Å². The molecule has 0 amide bonds. The first-order valence-corrected chi connectivity index (χ1v) is 6.40. The number of aliphatic hydroxyl groups is 1. The van der Waals surface area contributed by atoms with Crippen molar-refractivity contribution >= 4 is 11.3 Å². The molecular formula is C13H14FNO2S. The number of halogens is 1. The van der Waals surface area contributed by atoms with Crippen LogP contribution in [-0.2, 0) is 6.42 Å². The molecule has 0 fully saturated rings. The minimum Gasteiger partial charge on any atom is -0.496 e. The number of ether oxygens (including phenoxy) is 1. The van der Waals surface area contributed by atoms with Crippen LogP contribution in [0.2, 0.25) is 0 Å². The van der Waals surface area contributed by atoms with Crippen LogP contribution in [0.4, 0.5) is 4.39 Å². The highest BCUT2D eigenvalue weighted by molar-refractivity contribution is 7.09. The molecule has 0 saturated heterocycles. The smallest absolute Gasteiger partial charge is 0.124 e. The van der Waals surface area contributed by atoms with Gasteiger partial charge in [-0.05, 0) is 25.1 Å². The Hall–Kier alpha value is -1.46. The molecule has 0 radical (unpaired) electrons. The third-order valence-electron chi connectivity index (χ3n) is 2.59. The molecule has 1 atom stereocenters. The fourth-order valence-electron chi connectivity index (χ4n) is 1.74. The maximum Gasteiger partial charge on any atom is 0.124 e. The van der Waals surface area contributed by atoms with Gasteiger partial charge in [0.1, 0.15) is 11.6 Å². The molecule has 5 heteroatoms. The van der Waals surface area contributed by atoms with Gasteiger partial charge in [-0.1, -0.05) is 0 Å². The lowest BCUT2D eigenvalue weighted by Gasteiger charge is -2.13. The number of aromatic nitrogens is 1. The fraction of sp³-hybridized carbons (Fsp3) is 0.308. The molecule has 0 aliphatic heterocycles. The number of benzene rings is 1. The fourth-order valence-corrected chi connectivity index (χ4v) is 2.55. The van der Waals surface area contributed by atoms with E-state index in [9.17, 15) is 9.50 Å². The maximum atomic E-state index is 13.2. The first kappa shape index (κ1) is 13.0. The molecule has 0 bridgehead atoms. The Morgan fingerprint density at radius 3 is 2.89 bits per heavy atom. The number of nitrogens with zero attached hydrogens (tertiary/aromatic N) is 1. The van der Waals surface area contributed by atoms with Crippen molar-refractivity contribution in [2.75, 3.05) is 7.11 Å². The van der Waals surface area contributed by atoms with Gasteiger partial charge in [-0.15, -0.1) is 11.3 Å². The van der Waals surface area contributed by atoms with Crippen LogP contribution >= 0.6 is 11.3 Å². The van der Waals surface area contributed by atoms with Crippen molar-refractivity contribution in [1.29, 1.82) is 0 Å². The lowest BCUT2D eigenvalue weighted by Crippen LogP contribution is -2.04. The Bertz CT molecular complexity index is 542. The van der Waals surface area contributed by atoms with Gasteiger partial charge in [0, 0.05) is 23.1 Å². The summed E-state index contributed by atoms with van der Waals surface area (Å²) in [5.74, 6) is 0.0948. The Kier molecular flexibility index (Phi) is 3.93. The molecule has 1 N–H and O–H groups in total. The number of aryl methyl sites for hydroxylation is 1. The highest BCUT2D eigenvalue weighted by Crippen LogP contribution is 2.29. The largest absolute Gasteiger partial charge is 0.496 e. The summed E-state index contributed by atoms with van der Waals surface area (Å²) in [6, 6.07) is 4.12. The van der Waals surface area contributed by atoms with Crippen LogP contribution in [0.15, 0.2) is 23.6 Å². The van der Waals surface area contributed by atoms with Crippen LogP contribution in [0.3, 0.4) is 0 Å². The highest BCUT2D eigenvalue weighted by atomic mass is 32.1. The predicted octanol–water partition coefficient (Wildman–Crippen LogP) is 2.88. The van der Waals surface area contributed by atoms with Crippen LogP contribution in [0.5, 0.6) is 5.75 Å². The third-order valence-corrected chi connectivity index (χ3v) is 3.57. The van der Waals surface area contributed by atoms with Crippen LogP contribution < -0.4 is 4.74 Å². The van der Waals surface area contributed by atoms with Gasteiger partial charge in [-0.2, -0.15) is 0 Å². The second-order valence-corrected chi connectivity index (χ2v) is 4.93. The molecule has 0 aliphatic rings. The van der Waals surface area contributed by atoms with E-state index < -0.39 is 6.10 Å². The van der Waals surface area contributed by atoms with Crippen molar-refractivity contribution < 1.29 is 14.2 Å². The number of hydrogen-bond donors (Lipinski definition) is 1. The highest BCUT2D eigenvalue weighted by Gasteiger charge is 2.16. The van der Waals surface area contributed by atoms with E-state index >= 15 is 0 Å². The van der Waals surface area contributed by atoms with Crippen molar-refractivity contribution in [3.63, 3.8) is 0 Å². The van der Waals surface area contributed by atoms with Gasteiger partial charge in [0.2, 0.25) is 0 Å². The maximum absolute atomic E-state index is 13.2. The Labute approximate surface area is 109 Å². The lowest BCUT2D eigenvalue weighted by atomic mass is 10.1. The number of thiazole rings is 1. The third kappa shape index (κ3) is 2.86. The molecule has 3 nitrogen and oxygen atoms in total. The van der Waals surface area contributed by atoms with E-state index in [-0.39, 0.29) is 5.82 Å². The minimum absolute atomic E-state index is 0.359. The summed E-state index contributed by atoms with van der Waals surface area (Å²) < 4.78 is 18.3. The first-order chi connectivity index (χ1) is 8.60. The van der Waals surface area contributed by atoms with Crippen LogP contribution in [-0.4, -0.2) is 17.2 Å². The zero-order valence-corrected chi connectivity index (χ0v) is 11.0. The number of aliphatic hydroxyl groups excluding tert-OH is 1. The molecule has 1 unspecified atom stereocenters. The SMILES string of the molecule is COc1ccc(F)cc1C(O)Cc1nc(C)cs1. The van der Waals surface area contributed by atoms with Gasteiger partial charge >= 0.3 is 0 Å². The average molecular weight is 267 g/mol. The van der Waals surface area contributed by atoms with Gasteiger partial charge in [-0.3, -0.25) is 0 Å². The quantitative estimate of drug-likeness (QED) is 0.926. The minimum atomic E-state index is -0.818. The topological polar surface area (TPSA) is 42.4 Å². The zero-order chi connectivity index (χ0) is 13.1. The van der Waals surface area contributed by atoms with Crippen molar-refractivity contribution in [3.8, 4) is 5.75 Å². The number of rotatable bonds is 4. The molecule has 0 aliphatic carbocycles. The summed E-state index contributed by atoms with van der Waals surface area (Å²) in [6.07, 6.45) is -0.459. The van der Waals surface area contributed by atoms with Crippen molar-refractivity contribution in [2.45, 2.75) is 19.4 Å². The molecular weight excluding hydrogens is 253 g/mol. The van der Waals surface area contributed by atoms with Crippen molar-refractivity contribution in [1.82, 2.24) is 4.98 Å². The molecule has 0 saturated carbocycles. The first-order valence-electron chi connectivity index (χ1n) is 5.52. The predicted molar refractivity (Wildman–Crippen MR) is 68.5 cm³/mol. The number of hydrogen-bond acceptors (Lipinski definition) is 4. The summed E-state index contributed by atoms with van der Waals surface area (Å²) in [5.41, 5.74) is 1.37. The van der Waals surface area contributed by atoms with E-state index in [1.807, 2.05) is 12.3 Å². The van der Waals surface area contributed by atoms with Gasteiger partial charge in [0.05, 0.1) is 18.2 Å². The van der Waals surface area contributed by atoms with E-state index in [0.717, 1.165) is 10.7 Å². The molecule has 1 heterocycles. The standard InChI is InChI=1S/C13H14FNO2S/c1-8-7-18-13(15-8)6-11(16)10-5-9(14)3-4-12(10)17-2/h3-5,7,11,16H,6H2,1-2H3. The van der Waals surface area contributed by atoms with Gasteiger partial charge < -0.3 is 9.84 Å². The van der Waals surface area contributed by atoms with Crippen LogP contribution in [0.1, 0.15) is 22.4 Å². The van der Waals surface area contributed by atoms with E-state index in [1.165, 1.54) is 36.6 Å². The molecule has 1 aromatic heterocycles. The molecule has 2 rings (SSSR count). The van der Waals surface area contributed by atoms with Crippen molar-refractivity contribution in [3.05, 3.63) is 45.7 Å². The normalized spacial score (nSPS) is 12.4. The lowest BCUT2D eigenvalue weighted by molar-refractivity contribution is 0.173. The molecule has 96 valence electrons. The average Bonchev–Trinajstić information content (AvgIpc) is 2.74. The monoisotopic (exact) mass is 267 g/mol. The molecule has 2 aromatic rings. The summed E-state index contributed by atoms with van der Waals surface area (Å²) in [6.45, 7) is 1.90. The number of methoxy groups -OCH3 is 1. The second-order valence-electron chi connectivity index (χ2n) is 3.99. The van der Waals surface area contributed by atoms with Crippen molar-refractivity contribution in [2.24, 2.45) is 0 Å². The summed E-state index contributed by atoms with van der Waals surface area (Å²) in [5, 5.41) is 12.9. The zero-order valence-electron chi connectivity index (χ0n) is 10.2. The van der Waals surface area contributed by atoms with E-state index in [2.05, 4.69) is 4.98 Å². The second kappa shape index (κ2) is 5.46. The van der Waals surface area contributed by atoms with E-state index in [0.29, 0.717) is 17.7 Å². The van der Waals surface area contributed by atoms with E-state index in [4.69, 9.17) is 4.74 Å². The molecule has 0 spiro atoms. The summed E-state index contributed by atoms with van der Waals surface area (Å²) >= 11 is 1.48. The van der Waals surface area contributed by atoms with Gasteiger partial charge in [0.15, 0.2) is 0 Å². The molecule has 1 aromatic carbocycles. The molecule has 18 heavy (non-hydrogen) atoms. The Balaban J connectivity index is 2.22. The van der Waals surface area contributed by atoms with E-state index in [1.54, 1.807) is 0 Å². The summed E-state index contributed by atoms with van der Waals surface area (Å²) in [4.78, 5) is 4.28. The Morgan fingerprint density at radius 1 is 1.50 bits per heavy atom.